The Kier molecular flexibility index (Phi) is 6.03. The highest BCUT2D eigenvalue weighted by atomic mass is 19.3. The van der Waals surface area contributed by atoms with Crippen molar-refractivity contribution in [3.8, 4) is 5.75 Å². The summed E-state index contributed by atoms with van der Waals surface area (Å²) in [7, 11) is 0. The van der Waals surface area contributed by atoms with Crippen molar-refractivity contribution in [2.24, 2.45) is 0 Å². The molecular weight excluding hydrogens is 432 g/mol. The Hall–Kier alpha value is -4.27. The largest absolute Gasteiger partial charge is 0.434 e. The maximum atomic E-state index is 12.7. The Morgan fingerprint density at radius 2 is 1.88 bits per heavy atom. The van der Waals surface area contributed by atoms with Crippen LogP contribution in [0.5, 0.6) is 5.75 Å². The van der Waals surface area contributed by atoms with E-state index in [9.17, 15) is 23.7 Å². The van der Waals surface area contributed by atoms with Gasteiger partial charge < -0.3 is 14.6 Å². The number of non-ortho nitro benzene ring substituents is 1. The van der Waals surface area contributed by atoms with Gasteiger partial charge in [0.1, 0.15) is 5.75 Å². The molecule has 7 nitrogen and oxygen atoms in total. The number of amides is 1. The number of rotatable bonds is 7. The Morgan fingerprint density at radius 3 is 2.61 bits per heavy atom. The summed E-state index contributed by atoms with van der Waals surface area (Å²) in [5.41, 5.74) is 2.36. The average molecular weight is 451 g/mol. The van der Waals surface area contributed by atoms with E-state index in [4.69, 9.17) is 0 Å². The predicted octanol–water partition coefficient (Wildman–Crippen LogP) is 5.98. The van der Waals surface area contributed by atoms with Gasteiger partial charge in [0.15, 0.2) is 0 Å². The van der Waals surface area contributed by atoms with Crippen molar-refractivity contribution in [3.63, 3.8) is 0 Å². The van der Waals surface area contributed by atoms with Crippen LogP contribution in [0.2, 0.25) is 0 Å². The monoisotopic (exact) mass is 451 g/mol. The molecule has 4 aromatic rings. The maximum absolute atomic E-state index is 12.7. The molecule has 9 heteroatoms. The first-order valence-electron chi connectivity index (χ1n) is 10.1. The Morgan fingerprint density at radius 1 is 1.12 bits per heavy atom. The summed E-state index contributed by atoms with van der Waals surface area (Å²) in [6, 6.07) is 16.7. The van der Waals surface area contributed by atoms with Gasteiger partial charge in [0, 0.05) is 57.8 Å². The Bertz CT molecular complexity index is 1400. The third-order valence-corrected chi connectivity index (χ3v) is 5.19. The van der Waals surface area contributed by atoms with E-state index in [1.54, 1.807) is 6.07 Å². The van der Waals surface area contributed by atoms with Crippen LogP contribution in [0.25, 0.3) is 27.9 Å². The molecule has 1 aromatic heterocycles. The van der Waals surface area contributed by atoms with Crippen LogP contribution in [0, 0.1) is 10.1 Å². The number of nitrogens with zero attached hydrogens (tertiary/aromatic N) is 2. The molecular formula is C24H19F2N3O4. The van der Waals surface area contributed by atoms with Crippen molar-refractivity contribution in [3.05, 3.63) is 82.4 Å². The molecule has 1 heterocycles. The van der Waals surface area contributed by atoms with Crippen LogP contribution in [0.1, 0.15) is 12.5 Å². The van der Waals surface area contributed by atoms with Crippen LogP contribution in [-0.4, -0.2) is 22.0 Å². The van der Waals surface area contributed by atoms with E-state index < -0.39 is 17.4 Å². The SMILES string of the molecule is CCn1c2ccccc2c2cc(NC(=O)/C=C/c3cc([N+](=O)[O-])ccc3OC(F)F)ccc21. The molecule has 3 aromatic carbocycles. The molecule has 168 valence electrons. The van der Waals surface area contributed by atoms with Crippen LogP contribution < -0.4 is 10.1 Å². The van der Waals surface area contributed by atoms with Crippen molar-refractivity contribution in [2.45, 2.75) is 20.1 Å². The number of aryl methyl sites for hydroxylation is 1. The molecule has 0 unspecified atom stereocenters. The predicted molar refractivity (Wildman–Crippen MR) is 123 cm³/mol. The first kappa shape index (κ1) is 21.9. The zero-order valence-electron chi connectivity index (χ0n) is 17.5. The maximum Gasteiger partial charge on any atom is 0.387 e. The summed E-state index contributed by atoms with van der Waals surface area (Å²) in [5.74, 6) is -0.795. The molecule has 0 bridgehead atoms. The van der Waals surface area contributed by atoms with E-state index in [2.05, 4.69) is 21.5 Å². The summed E-state index contributed by atoms with van der Waals surface area (Å²) < 4.78 is 31.9. The lowest BCUT2D eigenvalue weighted by molar-refractivity contribution is -0.384. The lowest BCUT2D eigenvalue weighted by Crippen LogP contribution is -2.08. The van der Waals surface area contributed by atoms with E-state index in [0.29, 0.717) is 5.69 Å². The van der Waals surface area contributed by atoms with Crippen LogP contribution in [-0.2, 0) is 11.3 Å². The number of halogens is 2. The van der Waals surface area contributed by atoms with Crippen molar-refractivity contribution >= 4 is 45.2 Å². The van der Waals surface area contributed by atoms with Gasteiger partial charge in [-0.3, -0.25) is 14.9 Å². The molecule has 0 aliphatic rings. The number of para-hydroxylation sites is 1. The lowest BCUT2D eigenvalue weighted by Gasteiger charge is -2.08. The molecule has 0 radical (unpaired) electrons. The quantitative estimate of drug-likeness (QED) is 0.213. The van der Waals surface area contributed by atoms with Crippen molar-refractivity contribution < 1.29 is 23.2 Å². The third-order valence-electron chi connectivity index (χ3n) is 5.19. The van der Waals surface area contributed by atoms with E-state index in [-0.39, 0.29) is 17.0 Å². The number of carbonyl (C=O) groups excluding carboxylic acids is 1. The number of nitro groups is 1. The number of nitro benzene ring substituents is 1. The highest BCUT2D eigenvalue weighted by Crippen LogP contribution is 2.31. The molecule has 0 fully saturated rings. The second-order valence-corrected chi connectivity index (χ2v) is 7.17. The fraction of sp³-hybridized carbons (Fsp3) is 0.125. The van der Waals surface area contributed by atoms with Gasteiger partial charge in [-0.25, -0.2) is 0 Å². The summed E-state index contributed by atoms with van der Waals surface area (Å²) >= 11 is 0. The minimum absolute atomic E-state index is 0.0129. The fourth-order valence-corrected chi connectivity index (χ4v) is 3.80. The zero-order chi connectivity index (χ0) is 23.5. The number of anilines is 1. The average Bonchev–Trinajstić information content (AvgIpc) is 3.11. The van der Waals surface area contributed by atoms with Crippen LogP contribution in [0.4, 0.5) is 20.2 Å². The Labute approximate surface area is 187 Å². The van der Waals surface area contributed by atoms with E-state index in [1.807, 2.05) is 36.4 Å². The van der Waals surface area contributed by atoms with Gasteiger partial charge in [0.2, 0.25) is 5.91 Å². The van der Waals surface area contributed by atoms with Gasteiger partial charge in [-0.15, -0.1) is 0 Å². The summed E-state index contributed by atoms with van der Waals surface area (Å²) in [5, 5.41) is 15.8. The van der Waals surface area contributed by atoms with Crippen molar-refractivity contribution in [1.29, 1.82) is 0 Å². The number of carbonyl (C=O) groups is 1. The minimum atomic E-state index is -3.11. The lowest BCUT2D eigenvalue weighted by atomic mass is 10.1. The molecule has 1 amide bonds. The Balaban J connectivity index is 1.61. The number of hydrogen-bond acceptors (Lipinski definition) is 4. The highest BCUT2D eigenvalue weighted by molar-refractivity contribution is 6.10. The molecule has 1 N–H and O–H groups in total. The molecule has 0 spiro atoms. The first-order chi connectivity index (χ1) is 15.9. The number of nitrogens with one attached hydrogen (secondary N) is 1. The van der Waals surface area contributed by atoms with Crippen molar-refractivity contribution in [2.75, 3.05) is 5.32 Å². The summed E-state index contributed by atoms with van der Waals surface area (Å²) in [4.78, 5) is 22.8. The summed E-state index contributed by atoms with van der Waals surface area (Å²) in [6.07, 6.45) is 2.30. The number of alkyl halides is 2. The standard InChI is InChI=1S/C24H19F2N3O4/c1-2-28-20-6-4-3-5-18(20)19-14-16(8-10-21(19)28)27-23(30)12-7-15-13-17(29(31)32)9-11-22(15)33-24(25)26/h3-14,24H,2H2,1H3,(H,27,30)/b12-7+. The van der Waals surface area contributed by atoms with E-state index >= 15 is 0 Å². The topological polar surface area (TPSA) is 86.4 Å². The molecule has 4 rings (SSSR count). The molecule has 0 aliphatic heterocycles. The zero-order valence-corrected chi connectivity index (χ0v) is 17.5. The molecule has 0 atom stereocenters. The smallest absolute Gasteiger partial charge is 0.387 e. The van der Waals surface area contributed by atoms with Crippen molar-refractivity contribution in [1.82, 2.24) is 4.57 Å². The number of fused-ring (bicyclic) bond motifs is 3. The number of ether oxygens (including phenoxy) is 1. The van der Waals surface area contributed by atoms with Gasteiger partial charge in [0.25, 0.3) is 5.69 Å². The number of benzene rings is 3. The molecule has 0 aliphatic carbocycles. The van der Waals surface area contributed by atoms with Gasteiger partial charge >= 0.3 is 6.61 Å². The molecule has 33 heavy (non-hydrogen) atoms. The van der Waals surface area contributed by atoms with Crippen LogP contribution in [0.3, 0.4) is 0 Å². The number of hydrogen-bond donors (Lipinski definition) is 1. The normalized spacial score (nSPS) is 11.5. The van der Waals surface area contributed by atoms with E-state index in [1.165, 1.54) is 6.08 Å². The fourth-order valence-electron chi connectivity index (χ4n) is 3.80. The van der Waals surface area contributed by atoms with Gasteiger partial charge in [-0.1, -0.05) is 18.2 Å². The van der Waals surface area contributed by atoms with Crippen LogP contribution in [0.15, 0.2) is 66.7 Å². The van der Waals surface area contributed by atoms with Crippen LogP contribution >= 0.6 is 0 Å². The number of aromatic nitrogens is 1. The second-order valence-electron chi connectivity index (χ2n) is 7.17. The van der Waals surface area contributed by atoms with Gasteiger partial charge in [-0.05, 0) is 43.3 Å². The highest BCUT2D eigenvalue weighted by Gasteiger charge is 2.14. The van der Waals surface area contributed by atoms with E-state index in [0.717, 1.165) is 52.6 Å². The third kappa shape index (κ3) is 4.52. The minimum Gasteiger partial charge on any atom is -0.434 e. The molecule has 0 saturated carbocycles. The molecule has 0 saturated heterocycles. The summed E-state index contributed by atoms with van der Waals surface area (Å²) in [6.45, 7) is -0.249. The van der Waals surface area contributed by atoms with Gasteiger partial charge in [0.05, 0.1) is 4.92 Å². The first-order valence-corrected chi connectivity index (χ1v) is 10.1. The van der Waals surface area contributed by atoms with Gasteiger partial charge in [-0.2, -0.15) is 8.78 Å². The second kappa shape index (κ2) is 9.07.